The molecular weight excluding hydrogens is 260 g/mol. The van der Waals surface area contributed by atoms with Crippen molar-refractivity contribution in [2.24, 2.45) is 5.41 Å². The zero-order valence-electron chi connectivity index (χ0n) is 13.4. The number of para-hydroxylation sites is 1. The van der Waals surface area contributed by atoms with Crippen LogP contribution in [0.2, 0.25) is 0 Å². The average molecular weight is 286 g/mol. The fraction of sp³-hybridized carbons (Fsp3) is 0.611. The van der Waals surface area contributed by atoms with Gasteiger partial charge >= 0.3 is 0 Å². The summed E-state index contributed by atoms with van der Waals surface area (Å²) in [5.74, 6) is 0.210. The number of hydrogen-bond donors (Lipinski definition) is 1. The van der Waals surface area contributed by atoms with Gasteiger partial charge in [-0.05, 0) is 42.7 Å². The molecule has 21 heavy (non-hydrogen) atoms. The minimum atomic E-state index is 0.177. The van der Waals surface area contributed by atoms with Crippen molar-refractivity contribution in [2.45, 2.75) is 58.0 Å². The average Bonchev–Trinajstić information content (AvgIpc) is 2.47. The monoisotopic (exact) mass is 286 g/mol. The van der Waals surface area contributed by atoms with E-state index in [1.165, 1.54) is 31.2 Å². The molecule has 0 saturated heterocycles. The second kappa shape index (κ2) is 5.45. The number of amides is 1. The summed E-state index contributed by atoms with van der Waals surface area (Å²) in [7, 11) is 1.88. The Morgan fingerprint density at radius 2 is 1.86 bits per heavy atom. The van der Waals surface area contributed by atoms with Crippen LogP contribution < -0.4 is 10.2 Å². The van der Waals surface area contributed by atoms with Gasteiger partial charge in [-0.15, -0.1) is 0 Å². The molecule has 1 aromatic rings. The Morgan fingerprint density at radius 1 is 1.19 bits per heavy atom. The molecule has 3 nitrogen and oxygen atoms in total. The fourth-order valence-electron chi connectivity index (χ4n) is 3.64. The Morgan fingerprint density at radius 3 is 2.57 bits per heavy atom. The lowest BCUT2D eigenvalue weighted by Gasteiger charge is -2.39. The molecule has 1 aromatic carbocycles. The van der Waals surface area contributed by atoms with E-state index in [0.29, 0.717) is 17.9 Å². The highest BCUT2D eigenvalue weighted by Crippen LogP contribution is 2.38. The molecule has 3 heteroatoms. The second-order valence-corrected chi connectivity index (χ2v) is 7.37. The number of benzene rings is 1. The summed E-state index contributed by atoms with van der Waals surface area (Å²) in [6.07, 6.45) is 5.55. The van der Waals surface area contributed by atoms with Crippen molar-refractivity contribution in [2.75, 3.05) is 11.9 Å². The molecule has 1 fully saturated rings. The van der Waals surface area contributed by atoms with Gasteiger partial charge in [0, 0.05) is 31.2 Å². The van der Waals surface area contributed by atoms with Gasteiger partial charge < -0.3 is 10.2 Å². The lowest BCUT2D eigenvalue weighted by molar-refractivity contribution is -0.119. The summed E-state index contributed by atoms with van der Waals surface area (Å²) in [5, 5.41) is 3.76. The van der Waals surface area contributed by atoms with Gasteiger partial charge in [0.25, 0.3) is 0 Å². The SMILES string of the molecule is CN1C(=O)CC(NC2CCC(C)(C)CC2)c2ccccc21. The topological polar surface area (TPSA) is 32.3 Å². The number of hydrogen-bond acceptors (Lipinski definition) is 2. The molecule has 0 aromatic heterocycles. The van der Waals surface area contributed by atoms with Crippen LogP contribution in [0.3, 0.4) is 0 Å². The Hall–Kier alpha value is -1.35. The molecule has 3 rings (SSSR count). The van der Waals surface area contributed by atoms with Crippen LogP contribution in [0.5, 0.6) is 0 Å². The smallest absolute Gasteiger partial charge is 0.228 e. The zero-order chi connectivity index (χ0) is 15.0. The van der Waals surface area contributed by atoms with Crippen LogP contribution in [0.15, 0.2) is 24.3 Å². The predicted octanol–water partition coefficient (Wildman–Crippen LogP) is 3.65. The third-order valence-corrected chi connectivity index (χ3v) is 5.20. The first-order chi connectivity index (χ1) is 9.96. The maximum atomic E-state index is 12.2. The summed E-state index contributed by atoms with van der Waals surface area (Å²) >= 11 is 0. The molecule has 114 valence electrons. The summed E-state index contributed by atoms with van der Waals surface area (Å²) in [5.41, 5.74) is 2.81. The van der Waals surface area contributed by atoms with Gasteiger partial charge in [0.05, 0.1) is 0 Å². The quantitative estimate of drug-likeness (QED) is 0.900. The van der Waals surface area contributed by atoms with E-state index >= 15 is 0 Å². The first-order valence-corrected chi connectivity index (χ1v) is 8.08. The van der Waals surface area contributed by atoms with E-state index in [2.05, 4.69) is 31.3 Å². The van der Waals surface area contributed by atoms with Gasteiger partial charge in [0.1, 0.15) is 0 Å². The number of carbonyl (C=O) groups excluding carboxylic acids is 1. The van der Waals surface area contributed by atoms with Crippen LogP contribution >= 0.6 is 0 Å². The molecular formula is C18H26N2O. The number of fused-ring (bicyclic) bond motifs is 1. The van der Waals surface area contributed by atoms with Crippen LogP contribution in [-0.2, 0) is 4.79 Å². The molecule has 0 radical (unpaired) electrons. The van der Waals surface area contributed by atoms with Crippen molar-refractivity contribution in [3.8, 4) is 0 Å². The van der Waals surface area contributed by atoms with Crippen LogP contribution in [0.1, 0.15) is 57.6 Å². The Balaban J connectivity index is 1.74. The lowest BCUT2D eigenvalue weighted by Crippen LogP contribution is -2.43. The Bertz CT molecular complexity index is 528. The summed E-state index contributed by atoms with van der Waals surface area (Å²) < 4.78 is 0. The van der Waals surface area contributed by atoms with E-state index in [4.69, 9.17) is 0 Å². The van der Waals surface area contributed by atoms with Crippen LogP contribution in [0.25, 0.3) is 0 Å². The first-order valence-electron chi connectivity index (χ1n) is 8.08. The normalized spacial score (nSPS) is 25.8. The molecule has 1 aliphatic heterocycles. The zero-order valence-corrected chi connectivity index (χ0v) is 13.4. The molecule has 1 unspecified atom stereocenters. The Labute approximate surface area is 127 Å². The van der Waals surface area contributed by atoms with Gasteiger partial charge in [-0.2, -0.15) is 0 Å². The minimum Gasteiger partial charge on any atom is -0.315 e. The maximum Gasteiger partial charge on any atom is 0.228 e. The van der Waals surface area contributed by atoms with Crippen LogP contribution in [0.4, 0.5) is 5.69 Å². The van der Waals surface area contributed by atoms with E-state index in [-0.39, 0.29) is 11.9 Å². The van der Waals surface area contributed by atoms with Crippen LogP contribution in [-0.4, -0.2) is 19.0 Å². The van der Waals surface area contributed by atoms with Gasteiger partial charge in [0.15, 0.2) is 0 Å². The predicted molar refractivity (Wildman–Crippen MR) is 86.4 cm³/mol. The van der Waals surface area contributed by atoms with Crippen molar-refractivity contribution in [1.29, 1.82) is 0 Å². The van der Waals surface area contributed by atoms with Crippen molar-refractivity contribution >= 4 is 11.6 Å². The number of carbonyl (C=O) groups is 1. The third-order valence-electron chi connectivity index (χ3n) is 5.20. The highest BCUT2D eigenvalue weighted by molar-refractivity contribution is 5.96. The van der Waals surface area contributed by atoms with E-state index in [0.717, 1.165) is 5.69 Å². The highest BCUT2D eigenvalue weighted by Gasteiger charge is 2.32. The van der Waals surface area contributed by atoms with Crippen molar-refractivity contribution < 1.29 is 4.79 Å². The molecule has 1 saturated carbocycles. The molecule has 1 aliphatic carbocycles. The second-order valence-electron chi connectivity index (χ2n) is 7.37. The van der Waals surface area contributed by atoms with E-state index in [1.807, 2.05) is 19.2 Å². The van der Waals surface area contributed by atoms with Crippen molar-refractivity contribution in [3.05, 3.63) is 29.8 Å². The molecule has 1 N–H and O–H groups in total. The molecule has 0 bridgehead atoms. The highest BCUT2D eigenvalue weighted by atomic mass is 16.2. The van der Waals surface area contributed by atoms with E-state index in [9.17, 15) is 4.79 Å². The molecule has 2 aliphatic rings. The fourth-order valence-corrected chi connectivity index (χ4v) is 3.64. The van der Waals surface area contributed by atoms with Gasteiger partial charge in [-0.1, -0.05) is 32.0 Å². The Kier molecular flexibility index (Phi) is 3.78. The van der Waals surface area contributed by atoms with E-state index in [1.54, 1.807) is 4.90 Å². The molecule has 1 atom stereocenters. The largest absolute Gasteiger partial charge is 0.315 e. The van der Waals surface area contributed by atoms with Gasteiger partial charge in [0.2, 0.25) is 5.91 Å². The number of rotatable bonds is 2. The summed E-state index contributed by atoms with van der Waals surface area (Å²) in [6.45, 7) is 4.72. The standard InChI is InChI=1S/C18H26N2O/c1-18(2)10-8-13(9-11-18)19-15-12-17(21)20(3)16-7-5-4-6-14(15)16/h4-7,13,15,19H,8-12H2,1-3H3. The van der Waals surface area contributed by atoms with E-state index < -0.39 is 0 Å². The first kappa shape index (κ1) is 14.6. The number of nitrogens with zero attached hydrogens (tertiary/aromatic N) is 1. The lowest BCUT2D eigenvalue weighted by atomic mass is 9.75. The van der Waals surface area contributed by atoms with Crippen molar-refractivity contribution in [1.82, 2.24) is 5.32 Å². The minimum absolute atomic E-state index is 0.177. The number of nitrogens with one attached hydrogen (secondary N) is 1. The summed E-state index contributed by atoms with van der Waals surface area (Å²) in [4.78, 5) is 14.0. The van der Waals surface area contributed by atoms with Gasteiger partial charge in [-0.3, -0.25) is 4.79 Å². The third kappa shape index (κ3) is 2.98. The van der Waals surface area contributed by atoms with Gasteiger partial charge in [-0.25, -0.2) is 0 Å². The molecule has 1 heterocycles. The molecule has 0 spiro atoms. The van der Waals surface area contributed by atoms with Crippen molar-refractivity contribution in [3.63, 3.8) is 0 Å². The number of anilines is 1. The maximum absolute atomic E-state index is 12.2. The molecule has 1 amide bonds. The summed E-state index contributed by atoms with van der Waals surface area (Å²) in [6, 6.07) is 9.01. The van der Waals surface area contributed by atoms with Crippen LogP contribution in [0, 0.1) is 5.41 Å².